The summed E-state index contributed by atoms with van der Waals surface area (Å²) in [7, 11) is 0. The second-order valence-corrected chi connectivity index (χ2v) is 5.76. The predicted octanol–water partition coefficient (Wildman–Crippen LogP) is 2.52. The predicted molar refractivity (Wildman–Crippen MR) is 82.0 cm³/mol. The molecule has 0 bridgehead atoms. The van der Waals surface area contributed by atoms with E-state index in [1.807, 2.05) is 30.3 Å². The van der Waals surface area contributed by atoms with Gasteiger partial charge < -0.3 is 10.4 Å². The Kier molecular flexibility index (Phi) is 4.15. The number of carbonyl (C=O) groups excluding carboxylic acids is 1. The lowest BCUT2D eigenvalue weighted by Gasteiger charge is -2.25. The molecule has 0 unspecified atom stereocenters. The van der Waals surface area contributed by atoms with Gasteiger partial charge in [0.25, 0.3) is 5.91 Å². The molecule has 110 valence electrons. The highest BCUT2D eigenvalue weighted by Gasteiger charge is 2.20. The van der Waals surface area contributed by atoms with E-state index in [-0.39, 0.29) is 12.0 Å². The molecule has 1 aromatic carbocycles. The quantitative estimate of drug-likeness (QED) is 0.910. The third kappa shape index (κ3) is 3.22. The Morgan fingerprint density at radius 1 is 1.19 bits per heavy atom. The smallest absolute Gasteiger partial charge is 0.251 e. The summed E-state index contributed by atoms with van der Waals surface area (Å²) in [5.74, 6) is 0.435. The van der Waals surface area contributed by atoms with E-state index in [2.05, 4.69) is 10.3 Å². The number of carbonyl (C=O) groups is 1. The number of aromatic nitrogens is 1. The van der Waals surface area contributed by atoms with Gasteiger partial charge in [-0.2, -0.15) is 0 Å². The van der Waals surface area contributed by atoms with Gasteiger partial charge in [0, 0.05) is 23.7 Å². The molecule has 1 saturated carbocycles. The second-order valence-electron chi connectivity index (χ2n) is 5.76. The molecule has 0 atom stereocenters. The molecule has 1 amide bonds. The SMILES string of the molecule is O=C(NCC1CCC(O)CC1)c1cccc2ncccc12. The Morgan fingerprint density at radius 3 is 2.81 bits per heavy atom. The molecule has 0 spiro atoms. The maximum Gasteiger partial charge on any atom is 0.251 e. The van der Waals surface area contributed by atoms with Crippen molar-refractivity contribution in [3.05, 3.63) is 42.1 Å². The molecule has 2 N–H and O–H groups in total. The minimum Gasteiger partial charge on any atom is -0.393 e. The first-order chi connectivity index (χ1) is 10.2. The van der Waals surface area contributed by atoms with Crippen molar-refractivity contribution in [3.63, 3.8) is 0 Å². The first-order valence-electron chi connectivity index (χ1n) is 7.54. The number of pyridine rings is 1. The molecule has 4 heteroatoms. The van der Waals surface area contributed by atoms with Gasteiger partial charge in [0.15, 0.2) is 0 Å². The molecule has 1 heterocycles. The molecule has 1 fully saturated rings. The van der Waals surface area contributed by atoms with Crippen LogP contribution in [-0.2, 0) is 0 Å². The molecule has 1 aliphatic rings. The van der Waals surface area contributed by atoms with E-state index in [0.717, 1.165) is 36.6 Å². The van der Waals surface area contributed by atoms with Crippen molar-refractivity contribution in [1.82, 2.24) is 10.3 Å². The number of nitrogens with one attached hydrogen (secondary N) is 1. The molecule has 3 rings (SSSR count). The normalized spacial score (nSPS) is 22.1. The number of hydrogen-bond acceptors (Lipinski definition) is 3. The van der Waals surface area contributed by atoms with Gasteiger partial charge in [-0.3, -0.25) is 9.78 Å². The number of fused-ring (bicyclic) bond motifs is 1. The Balaban J connectivity index is 1.67. The fourth-order valence-corrected chi connectivity index (χ4v) is 2.98. The van der Waals surface area contributed by atoms with E-state index in [4.69, 9.17) is 0 Å². The van der Waals surface area contributed by atoms with Crippen LogP contribution in [0, 0.1) is 5.92 Å². The van der Waals surface area contributed by atoms with Crippen LogP contribution in [0.5, 0.6) is 0 Å². The van der Waals surface area contributed by atoms with Gasteiger partial charge in [0.2, 0.25) is 0 Å². The highest BCUT2D eigenvalue weighted by molar-refractivity contribution is 6.06. The fraction of sp³-hybridized carbons (Fsp3) is 0.412. The van der Waals surface area contributed by atoms with Crippen LogP contribution in [0.4, 0.5) is 0 Å². The van der Waals surface area contributed by atoms with Gasteiger partial charge in [0.05, 0.1) is 11.6 Å². The first-order valence-corrected chi connectivity index (χ1v) is 7.54. The van der Waals surface area contributed by atoms with E-state index in [0.29, 0.717) is 18.0 Å². The highest BCUT2D eigenvalue weighted by Crippen LogP contribution is 2.23. The monoisotopic (exact) mass is 284 g/mol. The molecular formula is C17H20N2O2. The summed E-state index contributed by atoms with van der Waals surface area (Å²) < 4.78 is 0. The lowest BCUT2D eigenvalue weighted by molar-refractivity contribution is 0.0911. The zero-order valence-electron chi connectivity index (χ0n) is 12.0. The summed E-state index contributed by atoms with van der Waals surface area (Å²) >= 11 is 0. The number of aliphatic hydroxyl groups excluding tert-OH is 1. The van der Waals surface area contributed by atoms with Crippen molar-refractivity contribution in [1.29, 1.82) is 0 Å². The second kappa shape index (κ2) is 6.22. The van der Waals surface area contributed by atoms with E-state index in [9.17, 15) is 9.90 Å². The van der Waals surface area contributed by atoms with Crippen molar-refractivity contribution >= 4 is 16.8 Å². The lowest BCUT2D eigenvalue weighted by atomic mass is 9.87. The fourth-order valence-electron chi connectivity index (χ4n) is 2.98. The van der Waals surface area contributed by atoms with Crippen LogP contribution in [0.15, 0.2) is 36.5 Å². The zero-order chi connectivity index (χ0) is 14.7. The largest absolute Gasteiger partial charge is 0.393 e. The summed E-state index contributed by atoms with van der Waals surface area (Å²) in [5, 5.41) is 13.4. The Labute approximate surface area is 124 Å². The Hall–Kier alpha value is -1.94. The van der Waals surface area contributed by atoms with Crippen LogP contribution in [0.25, 0.3) is 10.9 Å². The molecule has 0 aliphatic heterocycles. The first kappa shape index (κ1) is 14.0. The van der Waals surface area contributed by atoms with Crippen LogP contribution >= 0.6 is 0 Å². The van der Waals surface area contributed by atoms with Crippen molar-refractivity contribution in [2.24, 2.45) is 5.92 Å². The summed E-state index contributed by atoms with van der Waals surface area (Å²) in [5.41, 5.74) is 1.52. The molecule has 1 aliphatic carbocycles. The van der Waals surface area contributed by atoms with Gasteiger partial charge in [-0.05, 0) is 49.8 Å². The molecular weight excluding hydrogens is 264 g/mol. The standard InChI is InChI=1S/C17H20N2O2/c20-13-8-6-12(7-9-13)11-19-17(21)15-3-1-5-16-14(15)4-2-10-18-16/h1-5,10,12-13,20H,6-9,11H2,(H,19,21). The summed E-state index contributed by atoms with van der Waals surface area (Å²) in [6, 6.07) is 9.38. The molecule has 0 saturated heterocycles. The average molecular weight is 284 g/mol. The number of aliphatic hydroxyl groups is 1. The minimum atomic E-state index is -0.152. The third-order valence-electron chi connectivity index (χ3n) is 4.26. The summed E-state index contributed by atoms with van der Waals surface area (Å²) in [6.07, 6.45) is 5.24. The van der Waals surface area contributed by atoms with E-state index in [1.165, 1.54) is 0 Å². The van der Waals surface area contributed by atoms with Crippen molar-refractivity contribution in [2.75, 3.05) is 6.54 Å². The van der Waals surface area contributed by atoms with Crippen LogP contribution < -0.4 is 5.32 Å². The van der Waals surface area contributed by atoms with Crippen LogP contribution in [0.2, 0.25) is 0 Å². The number of amides is 1. The Bertz CT molecular complexity index is 628. The van der Waals surface area contributed by atoms with Gasteiger partial charge in [-0.1, -0.05) is 12.1 Å². The maximum atomic E-state index is 12.4. The van der Waals surface area contributed by atoms with Crippen molar-refractivity contribution in [2.45, 2.75) is 31.8 Å². The van der Waals surface area contributed by atoms with Crippen LogP contribution in [-0.4, -0.2) is 28.6 Å². The lowest BCUT2D eigenvalue weighted by Crippen LogP contribution is -2.32. The number of nitrogens with zero attached hydrogens (tertiary/aromatic N) is 1. The van der Waals surface area contributed by atoms with Gasteiger partial charge >= 0.3 is 0 Å². The molecule has 4 nitrogen and oxygen atoms in total. The number of hydrogen-bond donors (Lipinski definition) is 2. The number of rotatable bonds is 3. The van der Waals surface area contributed by atoms with Crippen molar-refractivity contribution in [3.8, 4) is 0 Å². The van der Waals surface area contributed by atoms with Gasteiger partial charge in [0.1, 0.15) is 0 Å². The topological polar surface area (TPSA) is 62.2 Å². The van der Waals surface area contributed by atoms with E-state index in [1.54, 1.807) is 6.20 Å². The average Bonchev–Trinajstić information content (AvgIpc) is 2.53. The Morgan fingerprint density at radius 2 is 2.00 bits per heavy atom. The summed E-state index contributed by atoms with van der Waals surface area (Å²) in [6.45, 7) is 0.683. The van der Waals surface area contributed by atoms with E-state index < -0.39 is 0 Å². The molecule has 2 aromatic rings. The van der Waals surface area contributed by atoms with Crippen LogP contribution in [0.1, 0.15) is 36.0 Å². The molecule has 1 aromatic heterocycles. The zero-order valence-corrected chi connectivity index (χ0v) is 12.0. The van der Waals surface area contributed by atoms with Crippen LogP contribution in [0.3, 0.4) is 0 Å². The highest BCUT2D eigenvalue weighted by atomic mass is 16.3. The molecule has 21 heavy (non-hydrogen) atoms. The minimum absolute atomic E-state index is 0.0419. The van der Waals surface area contributed by atoms with E-state index >= 15 is 0 Å². The third-order valence-corrected chi connectivity index (χ3v) is 4.26. The number of benzene rings is 1. The summed E-state index contributed by atoms with van der Waals surface area (Å²) in [4.78, 5) is 16.7. The molecule has 0 radical (unpaired) electrons. The van der Waals surface area contributed by atoms with Crippen molar-refractivity contribution < 1.29 is 9.90 Å². The van der Waals surface area contributed by atoms with Gasteiger partial charge in [-0.25, -0.2) is 0 Å². The maximum absolute atomic E-state index is 12.4. The van der Waals surface area contributed by atoms with Gasteiger partial charge in [-0.15, -0.1) is 0 Å².